The maximum atomic E-state index is 14.6. The molecule has 0 radical (unpaired) electrons. The highest BCUT2D eigenvalue weighted by Crippen LogP contribution is 2.25. The summed E-state index contributed by atoms with van der Waals surface area (Å²) in [6.45, 7) is 3.81. The minimum atomic E-state index is -0.372. The number of nitrogens with zero attached hydrogens (tertiary/aromatic N) is 2. The Balaban J connectivity index is 1.47. The Hall–Kier alpha value is -3.40. The Morgan fingerprint density at radius 2 is 1.79 bits per heavy atom. The molecule has 0 atom stereocenters. The molecule has 1 aliphatic heterocycles. The van der Waals surface area contributed by atoms with Crippen molar-refractivity contribution >= 4 is 11.8 Å². The zero-order valence-corrected chi connectivity index (χ0v) is 16.4. The Bertz CT molecular complexity index is 1040. The number of halogens is 1. The van der Waals surface area contributed by atoms with Gasteiger partial charge in [-0.05, 0) is 41.3 Å². The SMILES string of the molecule is Cc1ccccc1CN1C=C(c2ccc(OCc3ccccc3)c(F)c2)C=NC1. The molecule has 3 nitrogen and oxygen atoms in total. The van der Waals surface area contributed by atoms with Gasteiger partial charge in [-0.15, -0.1) is 0 Å². The number of ether oxygens (including phenoxy) is 1. The second-order valence-corrected chi connectivity index (χ2v) is 7.13. The summed E-state index contributed by atoms with van der Waals surface area (Å²) in [5.74, 6) is -0.119. The lowest BCUT2D eigenvalue weighted by atomic mass is 10.1. The second-order valence-electron chi connectivity index (χ2n) is 7.13. The minimum absolute atomic E-state index is 0.253. The molecule has 3 aromatic carbocycles. The van der Waals surface area contributed by atoms with E-state index in [-0.39, 0.29) is 11.6 Å². The normalized spacial score (nSPS) is 13.3. The summed E-state index contributed by atoms with van der Waals surface area (Å²) < 4.78 is 20.2. The Morgan fingerprint density at radius 1 is 1.00 bits per heavy atom. The van der Waals surface area contributed by atoms with Crippen molar-refractivity contribution < 1.29 is 9.13 Å². The first kappa shape index (κ1) is 18.9. The largest absolute Gasteiger partial charge is 0.486 e. The van der Waals surface area contributed by atoms with Gasteiger partial charge in [-0.2, -0.15) is 0 Å². The molecule has 0 bridgehead atoms. The van der Waals surface area contributed by atoms with Gasteiger partial charge in [0.2, 0.25) is 0 Å². The third-order valence-corrected chi connectivity index (χ3v) is 4.95. The van der Waals surface area contributed by atoms with Crippen molar-refractivity contribution in [1.82, 2.24) is 4.90 Å². The van der Waals surface area contributed by atoms with E-state index in [1.165, 1.54) is 17.2 Å². The molecule has 0 N–H and O–H groups in total. The lowest BCUT2D eigenvalue weighted by Gasteiger charge is -2.23. The summed E-state index contributed by atoms with van der Waals surface area (Å²) in [6.07, 6.45) is 3.84. The first-order chi connectivity index (χ1) is 14.2. The third kappa shape index (κ3) is 4.72. The summed E-state index contributed by atoms with van der Waals surface area (Å²) in [5.41, 5.74) is 5.19. The van der Waals surface area contributed by atoms with E-state index in [0.717, 1.165) is 23.2 Å². The van der Waals surface area contributed by atoms with Gasteiger partial charge in [0.25, 0.3) is 0 Å². The molecule has 146 valence electrons. The molecule has 0 aromatic heterocycles. The molecule has 1 aliphatic rings. The van der Waals surface area contributed by atoms with Crippen LogP contribution in [0.4, 0.5) is 4.39 Å². The van der Waals surface area contributed by atoms with Crippen LogP contribution in [0.25, 0.3) is 5.57 Å². The molecule has 29 heavy (non-hydrogen) atoms. The zero-order valence-electron chi connectivity index (χ0n) is 16.4. The highest BCUT2D eigenvalue weighted by molar-refractivity contribution is 6.10. The van der Waals surface area contributed by atoms with Gasteiger partial charge < -0.3 is 9.64 Å². The molecule has 0 aliphatic carbocycles. The van der Waals surface area contributed by atoms with Crippen LogP contribution in [0.2, 0.25) is 0 Å². The summed E-state index contributed by atoms with van der Waals surface area (Å²) in [4.78, 5) is 6.58. The van der Waals surface area contributed by atoms with E-state index in [9.17, 15) is 4.39 Å². The van der Waals surface area contributed by atoms with Crippen molar-refractivity contribution in [2.45, 2.75) is 20.1 Å². The Morgan fingerprint density at radius 3 is 2.59 bits per heavy atom. The topological polar surface area (TPSA) is 24.8 Å². The fraction of sp³-hybridized carbons (Fsp3) is 0.160. The second kappa shape index (κ2) is 8.74. The van der Waals surface area contributed by atoms with Crippen LogP contribution in [0.5, 0.6) is 5.75 Å². The minimum Gasteiger partial charge on any atom is -0.486 e. The first-order valence-corrected chi connectivity index (χ1v) is 9.66. The van der Waals surface area contributed by atoms with Crippen molar-refractivity contribution in [3.63, 3.8) is 0 Å². The number of allylic oxidation sites excluding steroid dienone is 1. The molecule has 0 spiro atoms. The maximum absolute atomic E-state index is 14.6. The van der Waals surface area contributed by atoms with E-state index >= 15 is 0 Å². The number of hydrogen-bond acceptors (Lipinski definition) is 3. The van der Waals surface area contributed by atoms with Crippen LogP contribution in [-0.4, -0.2) is 17.8 Å². The molecule has 0 fully saturated rings. The average Bonchev–Trinajstić information content (AvgIpc) is 2.75. The van der Waals surface area contributed by atoms with Crippen molar-refractivity contribution in [2.75, 3.05) is 6.67 Å². The molecule has 3 aromatic rings. The van der Waals surface area contributed by atoms with E-state index in [0.29, 0.717) is 13.3 Å². The van der Waals surface area contributed by atoms with Gasteiger partial charge in [0, 0.05) is 24.5 Å². The van der Waals surface area contributed by atoms with Crippen LogP contribution >= 0.6 is 0 Å². The molecule has 0 unspecified atom stereocenters. The van der Waals surface area contributed by atoms with Gasteiger partial charge in [0.15, 0.2) is 11.6 Å². The zero-order chi connectivity index (χ0) is 20.1. The monoisotopic (exact) mass is 386 g/mol. The Labute approximate surface area is 170 Å². The van der Waals surface area contributed by atoms with E-state index in [2.05, 4.69) is 28.9 Å². The van der Waals surface area contributed by atoms with Crippen molar-refractivity contribution in [3.05, 3.63) is 107 Å². The number of aliphatic imine (C=N–C) groups is 1. The van der Waals surface area contributed by atoms with Gasteiger partial charge in [0.05, 0.1) is 0 Å². The van der Waals surface area contributed by atoms with E-state index < -0.39 is 0 Å². The number of aryl methyl sites for hydroxylation is 1. The van der Waals surface area contributed by atoms with Crippen molar-refractivity contribution in [1.29, 1.82) is 0 Å². The quantitative estimate of drug-likeness (QED) is 0.551. The van der Waals surface area contributed by atoms with Gasteiger partial charge in [0.1, 0.15) is 13.3 Å². The van der Waals surface area contributed by atoms with Crippen LogP contribution in [0, 0.1) is 12.7 Å². The van der Waals surface area contributed by atoms with Crippen LogP contribution in [0.15, 0.2) is 84.0 Å². The molecular weight excluding hydrogens is 363 g/mol. The Kier molecular flexibility index (Phi) is 5.71. The predicted octanol–water partition coefficient (Wildman–Crippen LogP) is 5.60. The lowest BCUT2D eigenvalue weighted by Crippen LogP contribution is -2.21. The smallest absolute Gasteiger partial charge is 0.165 e. The van der Waals surface area contributed by atoms with Gasteiger partial charge >= 0.3 is 0 Å². The summed E-state index contributed by atoms with van der Waals surface area (Å²) in [5, 5.41) is 0. The molecular formula is C25H23FN2O. The first-order valence-electron chi connectivity index (χ1n) is 9.66. The van der Waals surface area contributed by atoms with E-state index in [4.69, 9.17) is 4.74 Å². The third-order valence-electron chi connectivity index (χ3n) is 4.95. The molecule has 0 saturated heterocycles. The van der Waals surface area contributed by atoms with Gasteiger partial charge in [-0.3, -0.25) is 4.99 Å². The number of hydrogen-bond donors (Lipinski definition) is 0. The van der Waals surface area contributed by atoms with Gasteiger partial charge in [-0.1, -0.05) is 60.7 Å². The molecule has 4 rings (SSSR count). The van der Waals surface area contributed by atoms with Crippen LogP contribution in [0.3, 0.4) is 0 Å². The molecule has 0 amide bonds. The lowest BCUT2D eigenvalue weighted by molar-refractivity contribution is 0.290. The number of rotatable bonds is 6. The summed E-state index contributed by atoms with van der Waals surface area (Å²) in [6, 6.07) is 23.1. The van der Waals surface area contributed by atoms with E-state index in [1.807, 2.05) is 54.7 Å². The van der Waals surface area contributed by atoms with Crippen LogP contribution in [0.1, 0.15) is 22.3 Å². The van der Waals surface area contributed by atoms with E-state index in [1.54, 1.807) is 12.3 Å². The number of benzene rings is 3. The fourth-order valence-corrected chi connectivity index (χ4v) is 3.30. The van der Waals surface area contributed by atoms with Crippen molar-refractivity contribution in [3.8, 4) is 5.75 Å². The fourth-order valence-electron chi connectivity index (χ4n) is 3.30. The molecule has 0 saturated carbocycles. The predicted molar refractivity (Wildman–Crippen MR) is 115 cm³/mol. The standard InChI is InChI=1S/C25H23FN2O/c1-19-7-5-6-10-22(19)15-28-16-23(14-27-18-28)21-11-12-25(24(26)13-21)29-17-20-8-3-2-4-9-20/h2-14,16H,15,17-18H2,1H3. The highest BCUT2D eigenvalue weighted by atomic mass is 19.1. The summed E-state index contributed by atoms with van der Waals surface area (Å²) >= 11 is 0. The van der Waals surface area contributed by atoms with Crippen LogP contribution in [-0.2, 0) is 13.2 Å². The van der Waals surface area contributed by atoms with Crippen molar-refractivity contribution in [2.24, 2.45) is 4.99 Å². The maximum Gasteiger partial charge on any atom is 0.165 e. The highest BCUT2D eigenvalue weighted by Gasteiger charge is 2.12. The molecule has 4 heteroatoms. The van der Waals surface area contributed by atoms with Crippen LogP contribution < -0.4 is 4.74 Å². The van der Waals surface area contributed by atoms with Gasteiger partial charge in [-0.25, -0.2) is 4.39 Å². The average molecular weight is 386 g/mol. The molecule has 1 heterocycles. The summed E-state index contributed by atoms with van der Waals surface area (Å²) in [7, 11) is 0.